The first-order valence-electron chi connectivity index (χ1n) is 13.7. The van der Waals surface area contributed by atoms with Crippen LogP contribution >= 0.6 is 0 Å². The largest absolute Gasteiger partial charge is 0.490 e. The van der Waals surface area contributed by atoms with Gasteiger partial charge in [0.25, 0.3) is 5.91 Å². The number of rotatable bonds is 8. The fraction of sp³-hybridized carbons (Fsp3) is 0.552. The van der Waals surface area contributed by atoms with Crippen LogP contribution in [0.5, 0.6) is 0 Å². The number of amides is 1. The number of nitrogens with one attached hydrogen (secondary N) is 1. The molecule has 0 spiro atoms. The van der Waals surface area contributed by atoms with Gasteiger partial charge in [0.05, 0.1) is 5.69 Å². The van der Waals surface area contributed by atoms with E-state index in [0.29, 0.717) is 18.0 Å². The second-order valence-electron chi connectivity index (χ2n) is 10.4. The number of hydrogen-bond acceptors (Lipinski definition) is 5. The monoisotopic (exact) mass is 548 g/mol. The summed E-state index contributed by atoms with van der Waals surface area (Å²) in [6.45, 7) is 10.9. The van der Waals surface area contributed by atoms with Crippen molar-refractivity contribution in [3.05, 3.63) is 53.7 Å². The first-order chi connectivity index (χ1) is 18.6. The lowest BCUT2D eigenvalue weighted by Gasteiger charge is -2.36. The topological polar surface area (TPSA) is 85.8 Å². The zero-order valence-electron chi connectivity index (χ0n) is 22.7. The molecule has 39 heavy (non-hydrogen) atoms. The normalized spacial score (nSPS) is 17.8. The lowest BCUT2D eigenvalue weighted by Crippen LogP contribution is -2.43. The molecule has 1 aromatic carbocycles. The Bertz CT molecular complexity index is 1080. The zero-order chi connectivity index (χ0) is 28.4. The predicted octanol–water partition coefficient (Wildman–Crippen LogP) is 5.22. The number of alkyl halides is 3. The maximum absolute atomic E-state index is 12.6. The van der Waals surface area contributed by atoms with Gasteiger partial charge < -0.3 is 15.3 Å². The molecule has 2 fully saturated rings. The Balaban J connectivity index is 0.000000532. The van der Waals surface area contributed by atoms with Gasteiger partial charge in [0.2, 0.25) is 0 Å². The minimum absolute atomic E-state index is 0.0222. The van der Waals surface area contributed by atoms with E-state index in [1.807, 2.05) is 6.07 Å². The minimum atomic E-state index is -5.08. The Morgan fingerprint density at radius 1 is 1.10 bits per heavy atom. The number of hydrogen-bond donors (Lipinski definition) is 2. The Morgan fingerprint density at radius 3 is 2.38 bits per heavy atom. The number of benzene rings is 1. The van der Waals surface area contributed by atoms with Crippen molar-refractivity contribution in [2.45, 2.75) is 64.7 Å². The molecule has 3 heterocycles. The minimum Gasteiger partial charge on any atom is -0.475 e. The number of piperidine rings is 1. The molecular weight excluding hydrogens is 509 g/mol. The van der Waals surface area contributed by atoms with Gasteiger partial charge in [-0.15, -0.1) is 0 Å². The number of nitrogens with zero attached hydrogens (tertiary/aromatic N) is 3. The van der Waals surface area contributed by atoms with Crippen LogP contribution in [0.15, 0.2) is 42.6 Å². The molecule has 0 aliphatic carbocycles. The highest BCUT2D eigenvalue weighted by molar-refractivity contribution is 5.95. The van der Waals surface area contributed by atoms with Crippen molar-refractivity contribution >= 4 is 11.9 Å². The molecule has 4 rings (SSSR count). The Hall–Kier alpha value is -2.98. The number of carbonyl (C=O) groups excluding carboxylic acids is 1. The van der Waals surface area contributed by atoms with Crippen molar-refractivity contribution in [1.82, 2.24) is 20.1 Å². The quantitative estimate of drug-likeness (QED) is 0.471. The van der Waals surface area contributed by atoms with Crippen molar-refractivity contribution in [1.29, 1.82) is 0 Å². The van der Waals surface area contributed by atoms with Gasteiger partial charge in [-0.25, -0.2) is 4.79 Å². The fourth-order valence-corrected chi connectivity index (χ4v) is 4.88. The van der Waals surface area contributed by atoms with Crippen LogP contribution < -0.4 is 5.32 Å². The van der Waals surface area contributed by atoms with Gasteiger partial charge in [-0.1, -0.05) is 38.5 Å². The number of aromatic nitrogens is 1. The highest BCUT2D eigenvalue weighted by Gasteiger charge is 2.38. The summed E-state index contributed by atoms with van der Waals surface area (Å²) in [5.74, 6) is -2.30. The molecule has 2 saturated heterocycles. The zero-order valence-corrected chi connectivity index (χ0v) is 22.7. The maximum atomic E-state index is 12.6. The van der Waals surface area contributed by atoms with Crippen LogP contribution in [0.2, 0.25) is 0 Å². The first-order valence-corrected chi connectivity index (χ1v) is 13.7. The lowest BCUT2D eigenvalue weighted by atomic mass is 10.0. The third-order valence-corrected chi connectivity index (χ3v) is 7.42. The average Bonchev–Trinajstić information content (AvgIpc) is 3.47. The van der Waals surface area contributed by atoms with Crippen LogP contribution in [-0.2, 0) is 11.3 Å². The van der Waals surface area contributed by atoms with Crippen molar-refractivity contribution in [3.63, 3.8) is 0 Å². The van der Waals surface area contributed by atoms with Crippen LogP contribution in [0, 0.1) is 5.92 Å². The highest BCUT2D eigenvalue weighted by atomic mass is 19.4. The fourth-order valence-electron chi connectivity index (χ4n) is 4.88. The average molecular weight is 549 g/mol. The molecule has 0 saturated carbocycles. The van der Waals surface area contributed by atoms with Crippen LogP contribution in [0.1, 0.15) is 61.9 Å². The molecular formula is C29H39F3N4O3. The van der Waals surface area contributed by atoms with Gasteiger partial charge in [-0.2, -0.15) is 13.2 Å². The second kappa shape index (κ2) is 14.4. The number of likely N-dealkylation sites (tertiary alicyclic amines) is 2. The van der Waals surface area contributed by atoms with Gasteiger partial charge in [-0.3, -0.25) is 14.7 Å². The van der Waals surface area contributed by atoms with Crippen LogP contribution in [-0.4, -0.2) is 76.7 Å². The smallest absolute Gasteiger partial charge is 0.475 e. The SMILES string of the molecule is CC[C@H](C)CNC(=O)c1ccnc(-c2cccc(CN3CCC(N4CCCC4)CC3)c2)c1.O=C(O)C(F)(F)F. The molecule has 214 valence electrons. The number of halogens is 3. The van der Waals surface area contributed by atoms with Crippen LogP contribution in [0.4, 0.5) is 13.2 Å². The number of aliphatic carboxylic acids is 1. The van der Waals surface area contributed by atoms with Gasteiger partial charge in [-0.05, 0) is 81.5 Å². The van der Waals surface area contributed by atoms with E-state index in [-0.39, 0.29) is 5.91 Å². The molecule has 2 aliphatic heterocycles. The summed E-state index contributed by atoms with van der Waals surface area (Å²) in [5.41, 5.74) is 3.92. The van der Waals surface area contributed by atoms with Gasteiger partial charge in [0.15, 0.2) is 0 Å². The Labute approximate surface area is 228 Å². The molecule has 0 radical (unpaired) electrons. The molecule has 7 nitrogen and oxygen atoms in total. The Morgan fingerprint density at radius 2 is 1.77 bits per heavy atom. The number of carboxylic acids is 1. The van der Waals surface area contributed by atoms with Crippen molar-refractivity contribution < 1.29 is 27.9 Å². The van der Waals surface area contributed by atoms with Crippen LogP contribution in [0.25, 0.3) is 11.3 Å². The van der Waals surface area contributed by atoms with Gasteiger partial charge in [0, 0.05) is 36.5 Å². The number of carboxylic acid groups (broad SMARTS) is 1. The lowest BCUT2D eigenvalue weighted by molar-refractivity contribution is -0.192. The molecule has 1 atom stereocenters. The van der Waals surface area contributed by atoms with E-state index >= 15 is 0 Å². The summed E-state index contributed by atoms with van der Waals surface area (Å²) in [5, 5.41) is 10.2. The molecule has 1 aromatic heterocycles. The summed E-state index contributed by atoms with van der Waals surface area (Å²) >= 11 is 0. The van der Waals surface area contributed by atoms with Crippen molar-refractivity contribution in [3.8, 4) is 11.3 Å². The molecule has 2 aromatic rings. The van der Waals surface area contributed by atoms with E-state index in [1.54, 1.807) is 12.3 Å². The van der Waals surface area contributed by atoms with E-state index in [4.69, 9.17) is 9.90 Å². The Kier molecular flexibility index (Phi) is 11.3. The summed E-state index contributed by atoms with van der Waals surface area (Å²) in [6, 6.07) is 13.1. The van der Waals surface area contributed by atoms with E-state index < -0.39 is 12.1 Å². The van der Waals surface area contributed by atoms with E-state index in [0.717, 1.165) is 30.3 Å². The molecule has 1 amide bonds. The second-order valence-corrected chi connectivity index (χ2v) is 10.4. The number of carbonyl (C=O) groups is 2. The summed E-state index contributed by atoms with van der Waals surface area (Å²) in [6.07, 6.45) is 3.04. The summed E-state index contributed by atoms with van der Waals surface area (Å²) in [7, 11) is 0. The maximum Gasteiger partial charge on any atom is 0.490 e. The molecule has 0 bridgehead atoms. The van der Waals surface area contributed by atoms with Crippen molar-refractivity contribution in [2.24, 2.45) is 5.92 Å². The molecule has 2 N–H and O–H groups in total. The van der Waals surface area contributed by atoms with Gasteiger partial charge in [0.1, 0.15) is 0 Å². The van der Waals surface area contributed by atoms with E-state index in [1.165, 1.54) is 57.4 Å². The first kappa shape index (κ1) is 30.6. The summed E-state index contributed by atoms with van der Waals surface area (Å²) < 4.78 is 31.7. The standard InChI is InChI=1S/C27H38N4O.C2HF3O2/c1-3-21(2)19-29-27(32)24-9-12-28-26(18-24)23-8-6-7-22(17-23)20-30-15-10-25(11-16-30)31-13-4-5-14-31;3-2(4,5)1(6)7/h6-9,12,17-18,21,25H,3-5,10-11,13-16,19-20H2,1-2H3,(H,29,32);(H,6,7)/t21-;/m0./s1. The third-order valence-electron chi connectivity index (χ3n) is 7.42. The van der Waals surface area contributed by atoms with E-state index in [9.17, 15) is 18.0 Å². The third kappa shape index (κ3) is 9.61. The predicted molar refractivity (Wildman–Crippen MR) is 144 cm³/mol. The van der Waals surface area contributed by atoms with Crippen LogP contribution in [0.3, 0.4) is 0 Å². The number of pyridine rings is 1. The van der Waals surface area contributed by atoms with Gasteiger partial charge >= 0.3 is 12.1 Å². The summed E-state index contributed by atoms with van der Waals surface area (Å²) in [4.78, 5) is 31.3. The van der Waals surface area contributed by atoms with Crippen molar-refractivity contribution in [2.75, 3.05) is 32.7 Å². The highest BCUT2D eigenvalue weighted by Crippen LogP contribution is 2.24. The van der Waals surface area contributed by atoms with E-state index in [2.05, 4.69) is 58.2 Å². The molecule has 2 aliphatic rings. The molecule has 0 unspecified atom stereocenters. The molecule has 10 heteroatoms.